The fraction of sp³-hybridized carbons (Fsp3) is 0.929. The normalized spacial score (nSPS) is 22.0. The molecule has 0 saturated carbocycles. The largest absolute Gasteiger partial charge is 0.337 e. The SMILES string of the molecule is CCCCCCCC(=O)N[C@H](N[C@@H]1CCS(=O)(=O)C1)C(Cl)(Cl)Cl. The second-order valence-corrected chi connectivity index (χ2v) is 10.6. The molecule has 2 N–H and O–H groups in total. The molecule has 1 rings (SSSR count). The topological polar surface area (TPSA) is 75.3 Å². The zero-order chi connectivity index (χ0) is 17.5. The highest BCUT2D eigenvalue weighted by Gasteiger charge is 2.38. The highest BCUT2D eigenvalue weighted by atomic mass is 35.6. The minimum atomic E-state index is -3.04. The molecule has 0 spiro atoms. The summed E-state index contributed by atoms with van der Waals surface area (Å²) in [7, 11) is -3.04. The Morgan fingerprint density at radius 1 is 1.22 bits per heavy atom. The van der Waals surface area contributed by atoms with Gasteiger partial charge in [0.05, 0.1) is 11.5 Å². The summed E-state index contributed by atoms with van der Waals surface area (Å²) >= 11 is 17.7. The second kappa shape index (κ2) is 9.66. The summed E-state index contributed by atoms with van der Waals surface area (Å²) in [5.74, 6) is -0.0917. The third kappa shape index (κ3) is 8.77. The van der Waals surface area contributed by atoms with Crippen molar-refractivity contribution in [1.29, 1.82) is 0 Å². The Kier molecular flexibility index (Phi) is 8.94. The van der Waals surface area contributed by atoms with Gasteiger partial charge in [-0.25, -0.2) is 8.42 Å². The van der Waals surface area contributed by atoms with Crippen LogP contribution in [0.5, 0.6) is 0 Å². The van der Waals surface area contributed by atoms with E-state index in [1.54, 1.807) is 0 Å². The van der Waals surface area contributed by atoms with Crippen LogP contribution in [0.3, 0.4) is 0 Å². The van der Waals surface area contributed by atoms with Crippen molar-refractivity contribution in [3.8, 4) is 0 Å². The lowest BCUT2D eigenvalue weighted by Gasteiger charge is -2.29. The zero-order valence-electron chi connectivity index (χ0n) is 13.3. The van der Waals surface area contributed by atoms with E-state index in [1.165, 1.54) is 0 Å². The minimum Gasteiger partial charge on any atom is -0.337 e. The van der Waals surface area contributed by atoms with Gasteiger partial charge in [0.1, 0.15) is 6.17 Å². The summed E-state index contributed by atoms with van der Waals surface area (Å²) in [6, 6.07) is -0.314. The standard InChI is InChI=1S/C14H25Cl3N2O3S/c1-2-3-4-5-6-7-12(20)19-13(14(15,16)17)18-11-8-9-23(21,22)10-11/h11,13,18H,2-10H2,1H3,(H,19,20)/t11-,13+/m1/s1. The van der Waals surface area contributed by atoms with Crippen molar-refractivity contribution in [3.05, 3.63) is 0 Å². The molecule has 0 aromatic heterocycles. The van der Waals surface area contributed by atoms with Gasteiger partial charge in [-0.15, -0.1) is 0 Å². The maximum atomic E-state index is 12.0. The second-order valence-electron chi connectivity index (χ2n) is 5.97. The Hall–Kier alpha value is 0.250. The van der Waals surface area contributed by atoms with Gasteiger partial charge in [0, 0.05) is 12.5 Å². The first kappa shape index (κ1) is 21.3. The fourth-order valence-electron chi connectivity index (χ4n) is 2.50. The third-order valence-corrected chi connectivity index (χ3v) is 6.20. The van der Waals surface area contributed by atoms with Crippen LogP contribution in [0.1, 0.15) is 51.9 Å². The molecule has 2 atom stereocenters. The molecular formula is C14H25Cl3N2O3S. The summed E-state index contributed by atoms with van der Waals surface area (Å²) in [5, 5.41) is 5.61. The van der Waals surface area contributed by atoms with Crippen LogP contribution in [-0.2, 0) is 14.6 Å². The van der Waals surface area contributed by atoms with Crippen molar-refractivity contribution in [1.82, 2.24) is 10.6 Å². The summed E-state index contributed by atoms with van der Waals surface area (Å²) in [4.78, 5) is 12.0. The number of sulfone groups is 1. The van der Waals surface area contributed by atoms with E-state index >= 15 is 0 Å². The molecule has 1 heterocycles. The molecule has 0 aromatic carbocycles. The van der Waals surface area contributed by atoms with Crippen LogP contribution in [0.15, 0.2) is 0 Å². The van der Waals surface area contributed by atoms with E-state index in [4.69, 9.17) is 34.8 Å². The van der Waals surface area contributed by atoms with Gasteiger partial charge in [0.15, 0.2) is 9.84 Å². The van der Waals surface area contributed by atoms with Crippen LogP contribution in [-0.4, -0.2) is 41.8 Å². The summed E-state index contributed by atoms with van der Waals surface area (Å²) in [6.07, 6.45) is 5.11. The van der Waals surface area contributed by atoms with Crippen LogP contribution in [0.4, 0.5) is 0 Å². The van der Waals surface area contributed by atoms with Crippen LogP contribution in [0.2, 0.25) is 0 Å². The number of halogens is 3. The molecule has 1 aliphatic heterocycles. The first-order valence-corrected chi connectivity index (χ1v) is 10.9. The van der Waals surface area contributed by atoms with E-state index in [-0.39, 0.29) is 23.5 Å². The van der Waals surface area contributed by atoms with Gasteiger partial charge in [-0.3, -0.25) is 10.1 Å². The molecule has 0 bridgehead atoms. The molecule has 0 aromatic rings. The van der Waals surface area contributed by atoms with E-state index < -0.39 is 19.8 Å². The van der Waals surface area contributed by atoms with Crippen molar-refractivity contribution in [3.63, 3.8) is 0 Å². The Labute approximate surface area is 153 Å². The smallest absolute Gasteiger partial charge is 0.223 e. The van der Waals surface area contributed by atoms with Gasteiger partial charge in [-0.2, -0.15) is 0 Å². The number of nitrogens with one attached hydrogen (secondary N) is 2. The number of hydrogen-bond donors (Lipinski definition) is 2. The number of carbonyl (C=O) groups is 1. The molecule has 1 saturated heterocycles. The fourth-order valence-corrected chi connectivity index (χ4v) is 4.54. The average molecular weight is 408 g/mol. The Bertz CT molecular complexity index is 480. The van der Waals surface area contributed by atoms with E-state index in [9.17, 15) is 13.2 Å². The van der Waals surface area contributed by atoms with Crippen LogP contribution >= 0.6 is 34.8 Å². The summed E-state index contributed by atoms with van der Waals surface area (Å²) < 4.78 is 21.2. The van der Waals surface area contributed by atoms with Crippen molar-refractivity contribution < 1.29 is 13.2 Å². The van der Waals surface area contributed by atoms with Crippen LogP contribution in [0.25, 0.3) is 0 Å². The first-order valence-electron chi connectivity index (χ1n) is 7.96. The average Bonchev–Trinajstić information content (AvgIpc) is 2.76. The number of carbonyl (C=O) groups excluding carboxylic acids is 1. The molecule has 136 valence electrons. The van der Waals surface area contributed by atoms with Gasteiger partial charge < -0.3 is 5.32 Å². The molecule has 1 fully saturated rings. The number of unbranched alkanes of at least 4 members (excludes halogenated alkanes) is 4. The molecule has 0 radical (unpaired) electrons. The highest BCUT2D eigenvalue weighted by Crippen LogP contribution is 2.30. The van der Waals surface area contributed by atoms with E-state index in [1.807, 2.05) is 0 Å². The first-order chi connectivity index (χ1) is 10.6. The maximum absolute atomic E-state index is 12.0. The van der Waals surface area contributed by atoms with E-state index in [0.717, 1.165) is 32.1 Å². The van der Waals surface area contributed by atoms with Crippen molar-refractivity contribution in [2.45, 2.75) is 67.9 Å². The van der Waals surface area contributed by atoms with Gasteiger partial charge in [-0.1, -0.05) is 67.4 Å². The number of rotatable bonds is 9. The van der Waals surface area contributed by atoms with Gasteiger partial charge >= 0.3 is 0 Å². The Morgan fingerprint density at radius 2 is 1.87 bits per heavy atom. The third-order valence-electron chi connectivity index (χ3n) is 3.77. The van der Waals surface area contributed by atoms with E-state index in [0.29, 0.717) is 12.8 Å². The predicted molar refractivity (Wildman–Crippen MR) is 95.8 cm³/mol. The number of hydrogen-bond acceptors (Lipinski definition) is 4. The van der Waals surface area contributed by atoms with Crippen LogP contribution in [0, 0.1) is 0 Å². The van der Waals surface area contributed by atoms with Crippen molar-refractivity contribution in [2.75, 3.05) is 11.5 Å². The highest BCUT2D eigenvalue weighted by molar-refractivity contribution is 7.91. The summed E-state index contributed by atoms with van der Waals surface area (Å²) in [5.41, 5.74) is 0. The van der Waals surface area contributed by atoms with Crippen LogP contribution < -0.4 is 10.6 Å². The molecular weight excluding hydrogens is 383 g/mol. The molecule has 1 amide bonds. The molecule has 0 aliphatic carbocycles. The minimum absolute atomic E-state index is 0.00284. The molecule has 5 nitrogen and oxygen atoms in total. The summed E-state index contributed by atoms with van der Waals surface area (Å²) in [6.45, 7) is 2.13. The molecule has 0 unspecified atom stereocenters. The molecule has 23 heavy (non-hydrogen) atoms. The van der Waals surface area contributed by atoms with Gasteiger partial charge in [0.2, 0.25) is 9.70 Å². The maximum Gasteiger partial charge on any atom is 0.223 e. The van der Waals surface area contributed by atoms with Gasteiger partial charge in [-0.05, 0) is 12.8 Å². The lowest BCUT2D eigenvalue weighted by molar-refractivity contribution is -0.122. The number of amides is 1. The predicted octanol–water partition coefficient (Wildman–Crippen LogP) is 2.94. The lowest BCUT2D eigenvalue weighted by Crippen LogP contribution is -2.56. The number of alkyl halides is 3. The Morgan fingerprint density at radius 3 is 2.39 bits per heavy atom. The molecule has 9 heteroatoms. The Balaban J connectivity index is 2.44. The quantitative estimate of drug-likeness (QED) is 0.350. The van der Waals surface area contributed by atoms with E-state index in [2.05, 4.69) is 17.6 Å². The zero-order valence-corrected chi connectivity index (χ0v) is 16.4. The van der Waals surface area contributed by atoms with Crippen molar-refractivity contribution in [2.24, 2.45) is 0 Å². The van der Waals surface area contributed by atoms with Gasteiger partial charge in [0.25, 0.3) is 0 Å². The molecule has 1 aliphatic rings. The van der Waals surface area contributed by atoms with Crippen molar-refractivity contribution >= 4 is 50.5 Å². The monoisotopic (exact) mass is 406 g/mol. The lowest BCUT2D eigenvalue weighted by atomic mass is 10.1.